The van der Waals surface area contributed by atoms with Crippen LogP contribution in [0.25, 0.3) is 0 Å². The van der Waals surface area contributed by atoms with Gasteiger partial charge in [-0.1, -0.05) is 29.3 Å². The van der Waals surface area contributed by atoms with Crippen molar-refractivity contribution in [1.29, 1.82) is 0 Å². The molecule has 7 heteroatoms. The number of nitrogens with zero attached hydrogens (tertiary/aromatic N) is 2. The van der Waals surface area contributed by atoms with Crippen molar-refractivity contribution < 1.29 is 14.0 Å². The SMILES string of the molecule is O=C(c1cccc(F)c1)N1CCCN(C(=O)c2cc(Cl)ccc2Cl)CC1. The molecule has 2 aromatic carbocycles. The normalized spacial score (nSPS) is 14.9. The zero-order valence-corrected chi connectivity index (χ0v) is 15.4. The summed E-state index contributed by atoms with van der Waals surface area (Å²) in [6.45, 7) is 1.76. The first-order valence-corrected chi connectivity index (χ1v) is 9.00. The molecule has 0 aromatic heterocycles. The van der Waals surface area contributed by atoms with Crippen molar-refractivity contribution in [3.05, 3.63) is 69.5 Å². The second kappa shape index (κ2) is 8.06. The zero-order chi connectivity index (χ0) is 18.7. The fourth-order valence-electron chi connectivity index (χ4n) is 2.96. The van der Waals surface area contributed by atoms with Crippen molar-refractivity contribution in [3.63, 3.8) is 0 Å². The number of amides is 2. The minimum atomic E-state index is -0.446. The van der Waals surface area contributed by atoms with Gasteiger partial charge in [0.15, 0.2) is 0 Å². The van der Waals surface area contributed by atoms with Crippen molar-refractivity contribution in [2.45, 2.75) is 6.42 Å². The van der Waals surface area contributed by atoms with Crippen molar-refractivity contribution in [2.75, 3.05) is 26.2 Å². The molecule has 2 amide bonds. The Kier molecular flexibility index (Phi) is 5.79. The van der Waals surface area contributed by atoms with Gasteiger partial charge >= 0.3 is 0 Å². The lowest BCUT2D eigenvalue weighted by atomic mass is 10.2. The summed E-state index contributed by atoms with van der Waals surface area (Å²) in [4.78, 5) is 28.6. The molecule has 0 saturated carbocycles. The number of rotatable bonds is 2. The lowest BCUT2D eigenvalue weighted by Gasteiger charge is -2.22. The van der Waals surface area contributed by atoms with Crippen LogP contribution in [0.2, 0.25) is 10.0 Å². The summed E-state index contributed by atoms with van der Waals surface area (Å²) >= 11 is 12.1. The van der Waals surface area contributed by atoms with Crippen molar-refractivity contribution in [3.8, 4) is 0 Å². The summed E-state index contributed by atoms with van der Waals surface area (Å²) in [5.74, 6) is -0.893. The zero-order valence-electron chi connectivity index (χ0n) is 13.9. The molecule has 0 N–H and O–H groups in total. The summed E-state index contributed by atoms with van der Waals surface area (Å²) in [6, 6.07) is 10.4. The third-order valence-electron chi connectivity index (χ3n) is 4.30. The van der Waals surface area contributed by atoms with Gasteiger partial charge in [0.05, 0.1) is 10.6 Å². The molecular formula is C19H17Cl2FN2O2. The summed E-state index contributed by atoms with van der Waals surface area (Å²) in [5, 5.41) is 0.784. The van der Waals surface area contributed by atoms with Crippen molar-refractivity contribution >= 4 is 35.0 Å². The number of halogens is 3. The van der Waals surface area contributed by atoms with E-state index >= 15 is 0 Å². The molecule has 2 aromatic rings. The van der Waals surface area contributed by atoms with Crippen LogP contribution < -0.4 is 0 Å². The molecule has 1 heterocycles. The number of hydrogen-bond donors (Lipinski definition) is 0. The smallest absolute Gasteiger partial charge is 0.255 e. The monoisotopic (exact) mass is 394 g/mol. The molecule has 3 rings (SSSR count). The molecule has 1 aliphatic rings. The van der Waals surface area contributed by atoms with Crippen LogP contribution in [-0.2, 0) is 0 Å². The molecular weight excluding hydrogens is 378 g/mol. The van der Waals surface area contributed by atoms with Crippen molar-refractivity contribution in [1.82, 2.24) is 9.80 Å². The first-order chi connectivity index (χ1) is 12.5. The van der Waals surface area contributed by atoms with Crippen LogP contribution in [-0.4, -0.2) is 47.8 Å². The average molecular weight is 395 g/mol. The molecule has 0 atom stereocenters. The number of carbonyl (C=O) groups is 2. The standard InChI is InChI=1S/C19H17Cl2FN2O2/c20-14-5-6-17(21)16(12-14)19(26)24-8-2-7-23(9-10-24)18(25)13-3-1-4-15(22)11-13/h1,3-6,11-12H,2,7-10H2. The molecule has 1 aliphatic heterocycles. The predicted octanol–water partition coefficient (Wildman–Crippen LogP) is 4.12. The lowest BCUT2D eigenvalue weighted by Crippen LogP contribution is -2.37. The average Bonchev–Trinajstić information content (AvgIpc) is 2.88. The molecule has 1 saturated heterocycles. The van der Waals surface area contributed by atoms with Gasteiger partial charge < -0.3 is 9.80 Å². The Morgan fingerprint density at radius 1 is 0.885 bits per heavy atom. The number of hydrogen-bond acceptors (Lipinski definition) is 2. The third kappa shape index (κ3) is 4.17. The van der Waals surface area contributed by atoms with E-state index in [1.807, 2.05) is 0 Å². The fourth-order valence-corrected chi connectivity index (χ4v) is 3.33. The highest BCUT2D eigenvalue weighted by Gasteiger charge is 2.25. The van der Waals surface area contributed by atoms with Gasteiger partial charge in [0.1, 0.15) is 5.82 Å². The highest BCUT2D eigenvalue weighted by Crippen LogP contribution is 2.23. The molecule has 0 bridgehead atoms. The fraction of sp³-hybridized carbons (Fsp3) is 0.263. The number of carbonyl (C=O) groups excluding carboxylic acids is 2. The maximum Gasteiger partial charge on any atom is 0.255 e. The van der Waals surface area contributed by atoms with Crippen LogP contribution >= 0.6 is 23.2 Å². The Balaban J connectivity index is 1.71. The lowest BCUT2D eigenvalue weighted by molar-refractivity contribution is 0.0718. The van der Waals surface area contributed by atoms with E-state index < -0.39 is 5.82 Å². The molecule has 0 unspecified atom stereocenters. The highest BCUT2D eigenvalue weighted by molar-refractivity contribution is 6.35. The first-order valence-electron chi connectivity index (χ1n) is 8.25. The van der Waals surface area contributed by atoms with Gasteiger partial charge in [0.2, 0.25) is 0 Å². The minimum absolute atomic E-state index is 0.211. The predicted molar refractivity (Wildman–Crippen MR) is 99.3 cm³/mol. The maximum atomic E-state index is 13.4. The van der Waals surface area contributed by atoms with Gasteiger partial charge in [-0.3, -0.25) is 9.59 Å². The van der Waals surface area contributed by atoms with E-state index in [0.717, 1.165) is 0 Å². The summed E-state index contributed by atoms with van der Waals surface area (Å²) < 4.78 is 13.4. The van der Waals surface area contributed by atoms with Crippen LogP contribution in [0.3, 0.4) is 0 Å². The van der Waals surface area contributed by atoms with Gasteiger partial charge in [-0.15, -0.1) is 0 Å². The second-order valence-electron chi connectivity index (χ2n) is 6.07. The molecule has 0 radical (unpaired) electrons. The Morgan fingerprint density at radius 2 is 1.58 bits per heavy atom. The minimum Gasteiger partial charge on any atom is -0.337 e. The quantitative estimate of drug-likeness (QED) is 0.768. The van der Waals surface area contributed by atoms with E-state index in [1.54, 1.807) is 34.1 Å². The molecule has 26 heavy (non-hydrogen) atoms. The van der Waals surface area contributed by atoms with E-state index in [4.69, 9.17) is 23.2 Å². The highest BCUT2D eigenvalue weighted by atomic mass is 35.5. The van der Waals surface area contributed by atoms with Crippen LogP contribution in [0.5, 0.6) is 0 Å². The maximum absolute atomic E-state index is 13.4. The van der Waals surface area contributed by atoms with Gasteiger partial charge in [0, 0.05) is 36.8 Å². The molecule has 0 aliphatic carbocycles. The molecule has 136 valence electrons. The summed E-state index contributed by atoms with van der Waals surface area (Å²) in [6.07, 6.45) is 0.630. The first kappa shape index (κ1) is 18.7. The van der Waals surface area contributed by atoms with Gasteiger partial charge in [-0.2, -0.15) is 0 Å². The van der Waals surface area contributed by atoms with Crippen LogP contribution in [0.1, 0.15) is 27.1 Å². The Hall–Kier alpha value is -2.11. The van der Waals surface area contributed by atoms with Gasteiger partial charge in [-0.05, 0) is 42.8 Å². The van der Waals surface area contributed by atoms with Crippen LogP contribution in [0, 0.1) is 5.82 Å². The Morgan fingerprint density at radius 3 is 2.27 bits per heavy atom. The summed E-state index contributed by atoms with van der Waals surface area (Å²) in [5.41, 5.74) is 0.659. The van der Waals surface area contributed by atoms with Gasteiger partial charge in [-0.25, -0.2) is 4.39 Å². The van der Waals surface area contributed by atoms with Crippen LogP contribution in [0.15, 0.2) is 42.5 Å². The van der Waals surface area contributed by atoms with E-state index in [9.17, 15) is 14.0 Å². The topological polar surface area (TPSA) is 40.6 Å². The number of benzene rings is 2. The third-order valence-corrected chi connectivity index (χ3v) is 4.87. The van der Waals surface area contributed by atoms with Gasteiger partial charge in [0.25, 0.3) is 11.8 Å². The largest absolute Gasteiger partial charge is 0.337 e. The van der Waals surface area contributed by atoms with Crippen molar-refractivity contribution in [2.24, 2.45) is 0 Å². The van der Waals surface area contributed by atoms with Crippen LogP contribution in [0.4, 0.5) is 4.39 Å². The Bertz CT molecular complexity index is 844. The van der Waals surface area contributed by atoms with E-state index in [-0.39, 0.29) is 11.8 Å². The molecule has 1 fully saturated rings. The molecule has 0 spiro atoms. The van der Waals surface area contributed by atoms with E-state index in [0.29, 0.717) is 53.8 Å². The second-order valence-corrected chi connectivity index (χ2v) is 6.92. The summed E-state index contributed by atoms with van der Waals surface area (Å²) in [7, 11) is 0. The van der Waals surface area contributed by atoms with E-state index in [1.165, 1.54) is 18.2 Å². The molecule has 4 nitrogen and oxygen atoms in total. The van der Waals surface area contributed by atoms with E-state index in [2.05, 4.69) is 0 Å². The Labute approximate surface area is 161 Å².